The summed E-state index contributed by atoms with van der Waals surface area (Å²) in [5.41, 5.74) is 2.11. The second kappa shape index (κ2) is 15.6. The highest BCUT2D eigenvalue weighted by Crippen LogP contribution is 2.32. The van der Waals surface area contributed by atoms with Crippen molar-refractivity contribution in [1.82, 2.24) is 25.4 Å². The fourth-order valence-corrected chi connectivity index (χ4v) is 6.68. The Morgan fingerprint density at radius 2 is 1.86 bits per heavy atom. The first-order valence-electron chi connectivity index (χ1n) is 16.6. The fourth-order valence-electron chi connectivity index (χ4n) is 6.68. The molecule has 5 atom stereocenters. The van der Waals surface area contributed by atoms with Crippen LogP contribution >= 0.6 is 0 Å². The molecule has 0 spiro atoms. The van der Waals surface area contributed by atoms with Crippen molar-refractivity contribution >= 4 is 22.8 Å². The van der Waals surface area contributed by atoms with Crippen LogP contribution in [0.25, 0.3) is 11.0 Å². The van der Waals surface area contributed by atoms with E-state index in [2.05, 4.69) is 10.3 Å². The number of furan rings is 1. The summed E-state index contributed by atoms with van der Waals surface area (Å²) in [6.07, 6.45) is -3.24. The van der Waals surface area contributed by atoms with Gasteiger partial charge in [0.25, 0.3) is 0 Å². The van der Waals surface area contributed by atoms with Crippen molar-refractivity contribution in [2.45, 2.75) is 49.9 Å². The number of amides is 2. The predicted molar refractivity (Wildman–Crippen MR) is 177 cm³/mol. The molecule has 4 N–H and O–H groups in total. The maximum Gasteiger partial charge on any atom is 0.405 e. The van der Waals surface area contributed by atoms with Crippen LogP contribution in [0.2, 0.25) is 0 Å². The lowest BCUT2D eigenvalue weighted by Gasteiger charge is -2.41. The minimum atomic E-state index is -4.59. The summed E-state index contributed by atoms with van der Waals surface area (Å²) in [6, 6.07) is 18.4. The van der Waals surface area contributed by atoms with E-state index in [9.17, 15) is 33.0 Å². The smallest absolute Gasteiger partial charge is 0.405 e. The van der Waals surface area contributed by atoms with Gasteiger partial charge in [-0.1, -0.05) is 42.5 Å². The highest BCUT2D eigenvalue weighted by Gasteiger charge is 2.38. The molecule has 0 radical (unpaired) electrons. The number of para-hydroxylation sites is 2. The third-order valence-corrected chi connectivity index (χ3v) is 9.12. The van der Waals surface area contributed by atoms with E-state index in [1.807, 2.05) is 46.6 Å². The Labute approximate surface area is 287 Å². The molecule has 14 heteroatoms. The SMILES string of the molecule is O=C(NC1c2ccccc2OC[C@H]1O)[C@H](Cc1cccnc1)C[C@H](O)CN1CCN(Cc2cc3ccccc3o2)C[C@H]1C(=O)NCC(F)(F)F. The predicted octanol–water partition coefficient (Wildman–Crippen LogP) is 3.21. The van der Waals surface area contributed by atoms with E-state index in [0.717, 1.165) is 10.9 Å². The summed E-state index contributed by atoms with van der Waals surface area (Å²) in [5.74, 6) is -0.746. The largest absolute Gasteiger partial charge is 0.490 e. The standard InChI is InChI=1S/C36H40F3N5O6/c37-36(38,39)22-41-35(48)29-20-43(19-27-16-24-7-1-3-9-31(24)50-27)12-13-44(29)18-26(45)15-25(14-23-6-5-11-40-17-23)34(47)42-33-28-8-2-4-10-32(28)49-21-30(33)46/h1-11,16-17,25-26,29-30,33,45-46H,12-15,18-22H2,(H,41,48)(H,42,47)/t25-,26+,29+,30-,33?/m1/s1. The molecule has 1 saturated heterocycles. The van der Waals surface area contributed by atoms with E-state index in [4.69, 9.17) is 9.15 Å². The lowest BCUT2D eigenvalue weighted by molar-refractivity contribution is -0.143. The minimum absolute atomic E-state index is 0.00201. The van der Waals surface area contributed by atoms with Crippen LogP contribution in [0.15, 0.2) is 83.5 Å². The van der Waals surface area contributed by atoms with Crippen LogP contribution in [0.5, 0.6) is 5.75 Å². The van der Waals surface area contributed by atoms with Gasteiger partial charge in [-0.05, 0) is 42.7 Å². The number of halogens is 3. The normalized spacial score (nSPS) is 21.2. The van der Waals surface area contributed by atoms with Gasteiger partial charge in [0.05, 0.1) is 18.7 Å². The number of nitrogens with one attached hydrogen (secondary N) is 2. The number of piperazine rings is 1. The number of aromatic nitrogens is 1. The van der Waals surface area contributed by atoms with Gasteiger partial charge in [-0.3, -0.25) is 24.4 Å². The van der Waals surface area contributed by atoms with Crippen LogP contribution in [0.4, 0.5) is 13.2 Å². The molecule has 2 aliphatic rings. The molecule has 4 aromatic rings. The first kappa shape index (κ1) is 35.3. The monoisotopic (exact) mass is 695 g/mol. The van der Waals surface area contributed by atoms with Gasteiger partial charge in [0, 0.05) is 55.4 Å². The van der Waals surface area contributed by atoms with E-state index >= 15 is 0 Å². The number of rotatable bonds is 12. The Hall–Kier alpha value is -4.50. The number of ether oxygens (including phenoxy) is 1. The minimum Gasteiger partial charge on any atom is -0.490 e. The number of β-amino-alcohol motifs (C(OH)–C–C–N with tert-alkyl or cyclic N) is 1. The molecule has 1 unspecified atom stereocenters. The summed E-state index contributed by atoms with van der Waals surface area (Å²) in [4.78, 5) is 34.8. The Morgan fingerprint density at radius 1 is 1.06 bits per heavy atom. The van der Waals surface area contributed by atoms with Crippen LogP contribution in [-0.2, 0) is 22.6 Å². The molecule has 6 rings (SSSR count). The zero-order chi connectivity index (χ0) is 35.3. The van der Waals surface area contributed by atoms with Crippen molar-refractivity contribution in [1.29, 1.82) is 0 Å². The third kappa shape index (κ3) is 8.99. The van der Waals surface area contributed by atoms with Gasteiger partial charge >= 0.3 is 6.18 Å². The molecule has 11 nitrogen and oxygen atoms in total. The average Bonchev–Trinajstić information content (AvgIpc) is 3.51. The molecular formula is C36H40F3N5O6. The van der Waals surface area contributed by atoms with Gasteiger partial charge < -0.3 is 30.0 Å². The van der Waals surface area contributed by atoms with E-state index in [-0.39, 0.29) is 39.1 Å². The summed E-state index contributed by atoms with van der Waals surface area (Å²) in [6.45, 7) is -0.326. The van der Waals surface area contributed by atoms with Crippen molar-refractivity contribution in [3.8, 4) is 5.75 Å². The maximum absolute atomic E-state index is 13.8. The Bertz CT molecular complexity index is 1720. The molecule has 2 aromatic heterocycles. The van der Waals surface area contributed by atoms with Gasteiger partial charge in [-0.15, -0.1) is 0 Å². The van der Waals surface area contributed by atoms with Crippen LogP contribution < -0.4 is 15.4 Å². The second-order valence-corrected chi connectivity index (χ2v) is 12.9. The first-order chi connectivity index (χ1) is 24.0. The number of pyridine rings is 1. The molecule has 2 amide bonds. The van der Waals surface area contributed by atoms with E-state index in [0.29, 0.717) is 35.7 Å². The number of fused-ring (bicyclic) bond motifs is 2. The number of alkyl halides is 3. The van der Waals surface area contributed by atoms with Crippen LogP contribution in [0, 0.1) is 5.92 Å². The highest BCUT2D eigenvalue weighted by molar-refractivity contribution is 5.82. The van der Waals surface area contributed by atoms with Crippen LogP contribution in [0.1, 0.15) is 29.3 Å². The zero-order valence-corrected chi connectivity index (χ0v) is 27.3. The lowest BCUT2D eigenvalue weighted by atomic mass is 9.91. The number of benzene rings is 2. The average molecular weight is 696 g/mol. The Kier molecular flexibility index (Phi) is 11.0. The maximum atomic E-state index is 13.8. The summed E-state index contributed by atoms with van der Waals surface area (Å²) < 4.78 is 50.8. The van der Waals surface area contributed by atoms with Gasteiger partial charge in [0.1, 0.15) is 42.4 Å². The number of hydrogen-bond acceptors (Lipinski definition) is 9. The molecular weight excluding hydrogens is 655 g/mol. The fraction of sp³-hybridized carbons (Fsp3) is 0.417. The number of hydrogen-bond donors (Lipinski definition) is 4. The highest BCUT2D eigenvalue weighted by atomic mass is 19.4. The molecule has 266 valence electrons. The number of aliphatic hydroxyl groups is 2. The second-order valence-electron chi connectivity index (χ2n) is 12.9. The van der Waals surface area contributed by atoms with Gasteiger partial charge in [-0.25, -0.2) is 0 Å². The van der Waals surface area contributed by atoms with Crippen LogP contribution in [0.3, 0.4) is 0 Å². The molecule has 0 bridgehead atoms. The van der Waals surface area contributed by atoms with Crippen molar-refractivity contribution < 1.29 is 42.1 Å². The zero-order valence-electron chi connectivity index (χ0n) is 27.3. The van der Waals surface area contributed by atoms with Gasteiger partial charge in [0.2, 0.25) is 11.8 Å². The van der Waals surface area contributed by atoms with Crippen molar-refractivity contribution in [3.05, 3.63) is 96.0 Å². The molecule has 0 aliphatic carbocycles. The van der Waals surface area contributed by atoms with Crippen molar-refractivity contribution in [2.24, 2.45) is 5.92 Å². The number of carbonyl (C=O) groups is 2. The van der Waals surface area contributed by atoms with Gasteiger partial charge in [-0.2, -0.15) is 13.2 Å². The number of aliphatic hydroxyl groups excluding tert-OH is 2. The quantitative estimate of drug-likeness (QED) is 0.176. The van der Waals surface area contributed by atoms with E-state index < -0.39 is 54.7 Å². The summed E-state index contributed by atoms with van der Waals surface area (Å²) in [7, 11) is 0. The lowest BCUT2D eigenvalue weighted by Crippen LogP contribution is -2.60. The molecule has 50 heavy (non-hydrogen) atoms. The summed E-state index contributed by atoms with van der Waals surface area (Å²) >= 11 is 0. The molecule has 1 fully saturated rings. The molecule has 2 aliphatic heterocycles. The van der Waals surface area contributed by atoms with Gasteiger partial charge in [0.15, 0.2) is 0 Å². The summed E-state index contributed by atoms with van der Waals surface area (Å²) in [5, 5.41) is 28.0. The third-order valence-electron chi connectivity index (χ3n) is 9.12. The molecule has 0 saturated carbocycles. The Balaban J connectivity index is 1.16. The number of nitrogens with zero attached hydrogens (tertiary/aromatic N) is 3. The van der Waals surface area contributed by atoms with Crippen molar-refractivity contribution in [3.63, 3.8) is 0 Å². The first-order valence-corrected chi connectivity index (χ1v) is 16.6. The van der Waals surface area contributed by atoms with Crippen LogP contribution in [-0.4, -0.2) is 101 Å². The molecule has 2 aromatic carbocycles. The van der Waals surface area contributed by atoms with E-state index in [1.54, 1.807) is 47.6 Å². The molecule has 4 heterocycles. The number of carbonyl (C=O) groups excluding carboxylic acids is 2. The van der Waals surface area contributed by atoms with Crippen molar-refractivity contribution in [2.75, 3.05) is 39.3 Å². The van der Waals surface area contributed by atoms with E-state index in [1.165, 1.54) is 0 Å². The Morgan fingerprint density at radius 3 is 2.64 bits per heavy atom. The topological polar surface area (TPSA) is 140 Å².